The zero-order valence-corrected chi connectivity index (χ0v) is 30.3. The van der Waals surface area contributed by atoms with E-state index in [0.29, 0.717) is 5.84 Å². The number of rotatable bonds is 6. The van der Waals surface area contributed by atoms with E-state index in [4.69, 9.17) is 15.7 Å². The Hall–Kier alpha value is -6.94. The molecule has 0 amide bonds. The number of nitrogens with zero attached hydrogens (tertiary/aromatic N) is 2. The number of hydrogen-bond acceptors (Lipinski definition) is 2. The molecule has 0 saturated carbocycles. The predicted octanol–water partition coefficient (Wildman–Crippen LogP) is 12.3. The minimum Gasteiger partial charge on any atom is -0.312 e. The molecule has 9 aromatic carbocycles. The number of hydrogen-bond donors (Lipinski definition) is 1. The number of amidine groups is 1. The Morgan fingerprint density at radius 3 is 1.93 bits per heavy atom. The van der Waals surface area contributed by atoms with E-state index in [1.54, 1.807) is 0 Å². The van der Waals surface area contributed by atoms with Gasteiger partial charge in [0.25, 0.3) is 0 Å². The highest BCUT2D eigenvalue weighted by Gasteiger charge is 2.23. The first-order chi connectivity index (χ1) is 27.2. The third-order valence-corrected chi connectivity index (χ3v) is 11.0. The number of nitrogens with two attached hydrogens (primary N) is 1. The van der Waals surface area contributed by atoms with E-state index >= 15 is 0 Å². The summed E-state index contributed by atoms with van der Waals surface area (Å²) in [5.41, 5.74) is 20.2. The second-order valence-corrected chi connectivity index (χ2v) is 14.2. The van der Waals surface area contributed by atoms with Crippen molar-refractivity contribution < 1.29 is 0 Å². The maximum absolute atomic E-state index is 6.17. The summed E-state index contributed by atoms with van der Waals surface area (Å²) in [7, 11) is 0. The van der Waals surface area contributed by atoms with Crippen molar-refractivity contribution in [2.24, 2.45) is 15.7 Å². The van der Waals surface area contributed by atoms with Crippen LogP contribution in [0.1, 0.15) is 27.8 Å². The van der Waals surface area contributed by atoms with Crippen LogP contribution in [0, 0.1) is 0 Å². The molecule has 10 rings (SSSR count). The molecule has 1 aliphatic rings. The summed E-state index contributed by atoms with van der Waals surface area (Å²) in [6.07, 6.45) is 0.947. The van der Waals surface area contributed by atoms with Gasteiger partial charge in [0.2, 0.25) is 0 Å². The Kier molecular flexibility index (Phi) is 8.20. The van der Waals surface area contributed by atoms with Gasteiger partial charge >= 0.3 is 0 Å². The molecular formula is C52H37N3. The van der Waals surface area contributed by atoms with Crippen molar-refractivity contribution in [3.05, 3.63) is 216 Å². The van der Waals surface area contributed by atoms with Crippen LogP contribution in [-0.4, -0.2) is 18.2 Å². The van der Waals surface area contributed by atoms with E-state index in [1.807, 2.05) is 0 Å². The topological polar surface area (TPSA) is 50.7 Å². The van der Waals surface area contributed by atoms with Crippen LogP contribution >= 0.6 is 0 Å². The molecule has 3 heteroatoms. The van der Waals surface area contributed by atoms with E-state index in [9.17, 15) is 0 Å². The summed E-state index contributed by atoms with van der Waals surface area (Å²) in [4.78, 5) is 10.2. The molecule has 0 heterocycles. The number of fused-ring (bicyclic) bond motifs is 6. The Labute approximate surface area is 320 Å². The lowest BCUT2D eigenvalue weighted by molar-refractivity contribution is 1.06. The molecular weight excluding hydrogens is 667 g/mol. The van der Waals surface area contributed by atoms with Gasteiger partial charge in [-0.15, -0.1) is 0 Å². The Bertz CT molecular complexity index is 2970. The fourth-order valence-electron chi connectivity index (χ4n) is 8.28. The third-order valence-electron chi connectivity index (χ3n) is 11.0. The highest BCUT2D eigenvalue weighted by Crippen LogP contribution is 2.44. The molecule has 0 aromatic heterocycles. The van der Waals surface area contributed by atoms with Crippen molar-refractivity contribution in [1.82, 2.24) is 0 Å². The molecule has 0 unspecified atom stereocenters. The molecule has 0 fully saturated rings. The van der Waals surface area contributed by atoms with E-state index in [2.05, 4.69) is 188 Å². The number of aliphatic imine (C=N–C) groups is 2. The van der Waals surface area contributed by atoms with E-state index in [-0.39, 0.29) is 6.67 Å². The molecule has 9 aromatic rings. The first-order valence-electron chi connectivity index (χ1n) is 18.9. The van der Waals surface area contributed by atoms with Crippen LogP contribution in [0.3, 0.4) is 0 Å². The molecule has 260 valence electrons. The highest BCUT2D eigenvalue weighted by atomic mass is 15.0. The van der Waals surface area contributed by atoms with Crippen molar-refractivity contribution in [3.8, 4) is 33.4 Å². The van der Waals surface area contributed by atoms with Gasteiger partial charge in [0, 0.05) is 16.7 Å². The van der Waals surface area contributed by atoms with Crippen molar-refractivity contribution in [2.75, 3.05) is 6.67 Å². The van der Waals surface area contributed by atoms with Gasteiger partial charge in [0.1, 0.15) is 0 Å². The van der Waals surface area contributed by atoms with Crippen LogP contribution in [0.15, 0.2) is 198 Å². The minimum atomic E-state index is 0.124. The Morgan fingerprint density at radius 2 is 1.13 bits per heavy atom. The van der Waals surface area contributed by atoms with Crippen molar-refractivity contribution >= 4 is 43.9 Å². The van der Waals surface area contributed by atoms with Gasteiger partial charge in [-0.3, -0.25) is 4.99 Å². The normalized spacial score (nSPS) is 12.7. The quantitative estimate of drug-likeness (QED) is 0.136. The van der Waals surface area contributed by atoms with E-state index in [1.165, 1.54) is 55.1 Å². The molecule has 0 bridgehead atoms. The Balaban J connectivity index is 1.08. The lowest BCUT2D eigenvalue weighted by Crippen LogP contribution is -2.11. The van der Waals surface area contributed by atoms with Gasteiger partial charge in [-0.2, -0.15) is 0 Å². The zero-order chi connectivity index (χ0) is 36.7. The second kappa shape index (κ2) is 13.8. The summed E-state index contributed by atoms with van der Waals surface area (Å²) < 4.78 is 0. The highest BCUT2D eigenvalue weighted by molar-refractivity contribution is 6.25. The first kappa shape index (κ1) is 32.7. The molecule has 55 heavy (non-hydrogen) atoms. The van der Waals surface area contributed by atoms with Crippen LogP contribution in [-0.2, 0) is 6.42 Å². The van der Waals surface area contributed by atoms with Crippen molar-refractivity contribution in [3.63, 3.8) is 0 Å². The average molecular weight is 704 g/mol. The molecule has 0 atom stereocenters. The van der Waals surface area contributed by atoms with Crippen molar-refractivity contribution in [1.29, 1.82) is 0 Å². The lowest BCUT2D eigenvalue weighted by atomic mass is 9.92. The van der Waals surface area contributed by atoms with Gasteiger partial charge < -0.3 is 5.73 Å². The molecule has 0 aliphatic heterocycles. The summed E-state index contributed by atoms with van der Waals surface area (Å²) in [5.74, 6) is 0.602. The third kappa shape index (κ3) is 6.01. The fourth-order valence-corrected chi connectivity index (χ4v) is 8.28. The monoisotopic (exact) mass is 703 g/mol. The maximum Gasteiger partial charge on any atom is 0.156 e. The molecule has 3 nitrogen and oxygen atoms in total. The molecule has 0 radical (unpaired) electrons. The molecule has 0 saturated heterocycles. The second-order valence-electron chi connectivity index (χ2n) is 14.2. The summed E-state index contributed by atoms with van der Waals surface area (Å²) in [6, 6.07) is 67.4. The largest absolute Gasteiger partial charge is 0.312 e. The van der Waals surface area contributed by atoms with Crippen LogP contribution in [0.25, 0.3) is 65.7 Å². The first-order valence-corrected chi connectivity index (χ1v) is 18.9. The standard InChI is InChI=1S/C52H37N3/c53-33-54-52(37-23-21-36(22-24-37)47-18-9-17-43-31-45-30-39-14-6-7-15-40(39)32-49(45)50(43)47)55-51(44-25-20-35-12-4-5-13-38(35)29-44)48-19-8-16-42-28-41(26-27-46(42)48)34-10-2-1-3-11-34/h1-30,32H,31,33,53H2/b54-52-,55-51+. The van der Waals surface area contributed by atoms with Gasteiger partial charge in [-0.1, -0.05) is 170 Å². The van der Waals surface area contributed by atoms with E-state index in [0.717, 1.165) is 50.5 Å². The van der Waals surface area contributed by atoms with Crippen LogP contribution in [0.5, 0.6) is 0 Å². The van der Waals surface area contributed by atoms with Gasteiger partial charge in [-0.25, -0.2) is 4.99 Å². The molecule has 2 N–H and O–H groups in total. The number of benzene rings is 9. The summed E-state index contributed by atoms with van der Waals surface area (Å²) in [5, 5.41) is 7.18. The van der Waals surface area contributed by atoms with Gasteiger partial charge in [0.15, 0.2) is 5.84 Å². The molecule has 1 aliphatic carbocycles. The van der Waals surface area contributed by atoms with Crippen molar-refractivity contribution in [2.45, 2.75) is 6.42 Å². The Morgan fingerprint density at radius 1 is 0.455 bits per heavy atom. The van der Waals surface area contributed by atoms with Crippen LogP contribution < -0.4 is 5.73 Å². The maximum atomic E-state index is 6.17. The summed E-state index contributed by atoms with van der Waals surface area (Å²) in [6.45, 7) is 0.124. The zero-order valence-electron chi connectivity index (χ0n) is 30.3. The van der Waals surface area contributed by atoms with Gasteiger partial charge in [0.05, 0.1) is 12.4 Å². The van der Waals surface area contributed by atoms with E-state index < -0.39 is 0 Å². The van der Waals surface area contributed by atoms with Crippen LogP contribution in [0.4, 0.5) is 0 Å². The SMILES string of the molecule is NC/N=C(\N=C(/c1ccc2ccccc2c1)c1cccc2cc(-c3ccccc3)ccc12)c1ccc(-c2cccc3c2-c2cc4ccccc4cc2C3)cc1. The van der Waals surface area contributed by atoms with Gasteiger partial charge in [-0.05, 0) is 101 Å². The molecule has 0 spiro atoms. The lowest BCUT2D eigenvalue weighted by Gasteiger charge is -2.14. The minimum absolute atomic E-state index is 0.124. The van der Waals surface area contributed by atoms with Crippen LogP contribution in [0.2, 0.25) is 0 Å². The fraction of sp³-hybridized carbons (Fsp3) is 0.0385. The average Bonchev–Trinajstić information content (AvgIpc) is 3.61. The smallest absolute Gasteiger partial charge is 0.156 e. The summed E-state index contributed by atoms with van der Waals surface area (Å²) >= 11 is 0. The predicted molar refractivity (Wildman–Crippen MR) is 232 cm³/mol.